The van der Waals surface area contributed by atoms with E-state index in [4.69, 9.17) is 23.7 Å². The number of allylic oxidation sites excluding steroid dienone is 1. The predicted octanol–water partition coefficient (Wildman–Crippen LogP) is 4.45. The average Bonchev–Trinajstić information content (AvgIpc) is 3.41. The Hall–Kier alpha value is -2.70. The first-order chi connectivity index (χ1) is 15.5. The second-order valence-electron chi connectivity index (χ2n) is 8.86. The lowest BCUT2D eigenvalue weighted by atomic mass is 9.69. The van der Waals surface area contributed by atoms with Crippen molar-refractivity contribution in [3.63, 3.8) is 0 Å². The zero-order chi connectivity index (χ0) is 22.3. The van der Waals surface area contributed by atoms with E-state index in [-0.39, 0.29) is 11.5 Å². The number of ether oxygens (including phenoxy) is 5. The van der Waals surface area contributed by atoms with Crippen LogP contribution in [0, 0.1) is 0 Å². The molecule has 6 heteroatoms. The van der Waals surface area contributed by atoms with Crippen molar-refractivity contribution in [2.75, 3.05) is 41.5 Å². The topological polar surface area (TPSA) is 49.4 Å². The molecule has 32 heavy (non-hydrogen) atoms. The second kappa shape index (κ2) is 8.01. The van der Waals surface area contributed by atoms with Crippen LogP contribution in [0.25, 0.3) is 0 Å². The summed E-state index contributed by atoms with van der Waals surface area (Å²) in [6.07, 6.45) is 4.96. The van der Waals surface area contributed by atoms with Gasteiger partial charge < -0.3 is 28.6 Å². The Bertz CT molecular complexity index is 1020. The van der Waals surface area contributed by atoms with Crippen LogP contribution in [0.1, 0.15) is 36.5 Å². The van der Waals surface area contributed by atoms with Crippen molar-refractivity contribution in [1.82, 2.24) is 4.90 Å². The molecule has 0 saturated carbocycles. The summed E-state index contributed by atoms with van der Waals surface area (Å²) in [5.41, 5.74) is 3.57. The molecule has 0 bridgehead atoms. The normalized spacial score (nSPS) is 29.1. The van der Waals surface area contributed by atoms with Crippen molar-refractivity contribution in [3.05, 3.63) is 65.4 Å². The van der Waals surface area contributed by atoms with Gasteiger partial charge in [-0.2, -0.15) is 0 Å². The lowest BCUT2D eigenvalue weighted by Crippen LogP contribution is -2.41. The smallest absolute Gasteiger partial charge is 0.190 e. The molecular formula is C26H31NO5. The Kier molecular flexibility index (Phi) is 5.30. The van der Waals surface area contributed by atoms with Gasteiger partial charge in [-0.25, -0.2) is 0 Å². The van der Waals surface area contributed by atoms with Crippen LogP contribution in [0.5, 0.6) is 17.2 Å². The zero-order valence-electron chi connectivity index (χ0n) is 19.2. The van der Waals surface area contributed by atoms with Crippen LogP contribution >= 0.6 is 0 Å². The Balaban J connectivity index is 1.46. The Morgan fingerprint density at radius 1 is 0.906 bits per heavy atom. The van der Waals surface area contributed by atoms with Crippen molar-refractivity contribution >= 4 is 0 Å². The quantitative estimate of drug-likeness (QED) is 0.689. The highest BCUT2D eigenvalue weighted by molar-refractivity contribution is 5.50. The van der Waals surface area contributed by atoms with Crippen LogP contribution in [-0.2, 0) is 14.9 Å². The van der Waals surface area contributed by atoms with Crippen molar-refractivity contribution in [2.24, 2.45) is 0 Å². The van der Waals surface area contributed by atoms with E-state index in [0.717, 1.165) is 48.6 Å². The number of rotatable bonds is 5. The first-order valence-electron chi connectivity index (χ1n) is 11.2. The van der Waals surface area contributed by atoms with Gasteiger partial charge in [0.15, 0.2) is 17.3 Å². The van der Waals surface area contributed by atoms with E-state index in [0.29, 0.717) is 6.61 Å². The molecule has 2 aromatic rings. The van der Waals surface area contributed by atoms with Gasteiger partial charge in [-0.05, 0) is 54.3 Å². The molecule has 5 rings (SSSR count). The van der Waals surface area contributed by atoms with Gasteiger partial charge in [0.25, 0.3) is 0 Å². The minimum atomic E-state index is -0.682. The maximum absolute atomic E-state index is 6.56. The van der Waals surface area contributed by atoms with Gasteiger partial charge in [0, 0.05) is 31.1 Å². The summed E-state index contributed by atoms with van der Waals surface area (Å²) in [7, 11) is 7.19. The van der Waals surface area contributed by atoms with E-state index < -0.39 is 5.79 Å². The molecule has 0 aromatic heterocycles. The highest BCUT2D eigenvalue weighted by Crippen LogP contribution is 2.54. The highest BCUT2D eigenvalue weighted by atomic mass is 16.7. The number of likely N-dealkylation sites (N-methyl/N-ethyl adjacent to an activating group) is 1. The van der Waals surface area contributed by atoms with Gasteiger partial charge in [-0.15, -0.1) is 0 Å². The van der Waals surface area contributed by atoms with Gasteiger partial charge in [0.1, 0.15) is 11.9 Å². The molecule has 1 spiro atoms. The van der Waals surface area contributed by atoms with Gasteiger partial charge in [-0.3, -0.25) is 0 Å². The molecule has 2 fully saturated rings. The number of benzene rings is 2. The molecule has 2 saturated heterocycles. The molecule has 2 aliphatic heterocycles. The molecular weight excluding hydrogens is 406 g/mol. The molecule has 3 atom stereocenters. The monoisotopic (exact) mass is 437 g/mol. The van der Waals surface area contributed by atoms with Crippen molar-refractivity contribution in [3.8, 4) is 17.2 Å². The molecule has 6 nitrogen and oxygen atoms in total. The first-order valence-corrected chi connectivity index (χ1v) is 11.2. The second-order valence-corrected chi connectivity index (χ2v) is 8.86. The van der Waals surface area contributed by atoms with Crippen LogP contribution in [0.15, 0.2) is 54.2 Å². The molecule has 0 radical (unpaired) electrons. The molecule has 0 amide bonds. The third-order valence-electron chi connectivity index (χ3n) is 7.28. The lowest BCUT2D eigenvalue weighted by molar-refractivity contribution is -0.143. The van der Waals surface area contributed by atoms with E-state index >= 15 is 0 Å². The summed E-state index contributed by atoms with van der Waals surface area (Å²) < 4.78 is 29.2. The summed E-state index contributed by atoms with van der Waals surface area (Å²) in [5, 5.41) is 0. The standard InChI is InChI=1S/C26H31NO5/c1-27-14-13-25(19-7-10-21(29-3)22(15-19)30-4)11-12-26(16-24(25)27)31-17-23(32-26)18-5-8-20(28-2)9-6-18/h5-10,15-16,23H,11-14,17H2,1-4H3/t23-,25-,26?/m0/s1. The number of nitrogens with zero attached hydrogens (tertiary/aromatic N) is 1. The molecule has 170 valence electrons. The van der Waals surface area contributed by atoms with Crippen molar-refractivity contribution in [2.45, 2.75) is 36.6 Å². The fourth-order valence-electron chi connectivity index (χ4n) is 5.43. The highest BCUT2D eigenvalue weighted by Gasteiger charge is 2.53. The summed E-state index contributed by atoms with van der Waals surface area (Å²) in [6.45, 7) is 1.54. The largest absolute Gasteiger partial charge is 0.497 e. The summed E-state index contributed by atoms with van der Waals surface area (Å²) >= 11 is 0. The van der Waals surface area contributed by atoms with E-state index in [1.807, 2.05) is 18.2 Å². The molecule has 1 unspecified atom stereocenters. The van der Waals surface area contributed by atoms with Crippen molar-refractivity contribution < 1.29 is 23.7 Å². The number of likely N-dealkylation sites (tertiary alicyclic amines) is 1. The van der Waals surface area contributed by atoms with Crippen LogP contribution in [0.4, 0.5) is 0 Å². The SMILES string of the molecule is COc1ccc([C@@H]2COC3(C=C4N(C)CC[C@]4(c4ccc(OC)c(OC)c4)CC3)O2)cc1. The first kappa shape index (κ1) is 21.2. The third kappa shape index (κ3) is 3.33. The maximum Gasteiger partial charge on any atom is 0.190 e. The van der Waals surface area contributed by atoms with Crippen LogP contribution in [-0.4, -0.2) is 52.2 Å². The Morgan fingerprint density at radius 3 is 2.41 bits per heavy atom. The van der Waals surface area contributed by atoms with Gasteiger partial charge in [0.05, 0.1) is 27.9 Å². The van der Waals surface area contributed by atoms with E-state index in [1.165, 1.54) is 11.3 Å². The Morgan fingerprint density at radius 2 is 1.69 bits per heavy atom. The molecule has 1 aliphatic carbocycles. The van der Waals surface area contributed by atoms with Gasteiger partial charge in [-0.1, -0.05) is 18.2 Å². The summed E-state index contributed by atoms with van der Waals surface area (Å²) in [5.74, 6) is 1.68. The van der Waals surface area contributed by atoms with Crippen LogP contribution < -0.4 is 14.2 Å². The van der Waals surface area contributed by atoms with E-state index in [1.54, 1.807) is 21.3 Å². The summed E-state index contributed by atoms with van der Waals surface area (Å²) in [4.78, 5) is 2.34. The predicted molar refractivity (Wildman–Crippen MR) is 121 cm³/mol. The fourth-order valence-corrected chi connectivity index (χ4v) is 5.43. The van der Waals surface area contributed by atoms with Gasteiger partial charge >= 0.3 is 0 Å². The minimum absolute atomic E-state index is 0.0650. The number of fused-ring (bicyclic) bond motifs is 1. The van der Waals surface area contributed by atoms with E-state index in [9.17, 15) is 0 Å². The van der Waals surface area contributed by atoms with Crippen LogP contribution in [0.2, 0.25) is 0 Å². The lowest BCUT2D eigenvalue weighted by Gasteiger charge is -2.41. The maximum atomic E-state index is 6.56. The van der Waals surface area contributed by atoms with E-state index in [2.05, 4.69) is 42.3 Å². The Labute approximate surface area is 189 Å². The molecule has 2 heterocycles. The number of hydrogen-bond acceptors (Lipinski definition) is 6. The minimum Gasteiger partial charge on any atom is -0.497 e. The zero-order valence-corrected chi connectivity index (χ0v) is 19.2. The number of hydrogen-bond donors (Lipinski definition) is 0. The average molecular weight is 438 g/mol. The van der Waals surface area contributed by atoms with Crippen LogP contribution in [0.3, 0.4) is 0 Å². The fraction of sp³-hybridized carbons (Fsp3) is 0.462. The molecule has 0 N–H and O–H groups in total. The van der Waals surface area contributed by atoms with Gasteiger partial charge in [0.2, 0.25) is 0 Å². The third-order valence-corrected chi connectivity index (χ3v) is 7.28. The summed E-state index contributed by atoms with van der Waals surface area (Å²) in [6, 6.07) is 14.3. The molecule has 3 aliphatic rings. The number of methoxy groups -OCH3 is 3. The molecule has 2 aromatic carbocycles. The van der Waals surface area contributed by atoms with Crippen molar-refractivity contribution in [1.29, 1.82) is 0 Å².